The Morgan fingerprint density at radius 1 is 1.32 bits per heavy atom. The number of aryl methyl sites for hydroxylation is 1. The first-order valence-electron chi connectivity index (χ1n) is 8.84. The molecule has 2 aromatic rings. The Hall–Kier alpha value is -1.69. The first kappa shape index (κ1) is 18.1. The van der Waals surface area contributed by atoms with Crippen molar-refractivity contribution in [3.8, 4) is 0 Å². The van der Waals surface area contributed by atoms with Gasteiger partial charge in [0.05, 0.1) is 12.6 Å². The zero-order valence-corrected chi connectivity index (χ0v) is 15.8. The number of anilines is 1. The number of amides is 1. The van der Waals surface area contributed by atoms with Gasteiger partial charge in [0.2, 0.25) is 5.91 Å². The molecule has 1 aromatic heterocycles. The van der Waals surface area contributed by atoms with E-state index in [1.807, 2.05) is 19.1 Å². The maximum atomic E-state index is 12.6. The first-order valence-corrected chi connectivity index (χ1v) is 9.72. The van der Waals surface area contributed by atoms with E-state index in [4.69, 9.17) is 4.74 Å². The summed E-state index contributed by atoms with van der Waals surface area (Å²) in [4.78, 5) is 16.1. The zero-order valence-electron chi connectivity index (χ0n) is 15.0. The normalized spacial score (nSPS) is 17.2. The van der Waals surface area contributed by atoms with Crippen LogP contribution >= 0.6 is 11.3 Å². The Morgan fingerprint density at radius 3 is 2.92 bits per heavy atom. The summed E-state index contributed by atoms with van der Waals surface area (Å²) in [7, 11) is 0. The molecule has 134 valence electrons. The standard InChI is InChI=1S/C20H26N2O2S/c1-15-6-3-9-19(16(15)2)21-20(23)14-22(12-17-7-4-10-24-17)13-18-8-5-11-25-18/h3,5-6,8-9,11,17H,4,7,10,12-14H2,1-2H3,(H,21,23)/t17-/m1/s1. The highest BCUT2D eigenvalue weighted by atomic mass is 32.1. The molecule has 1 aliphatic rings. The number of rotatable bonds is 7. The second-order valence-electron chi connectivity index (χ2n) is 6.68. The minimum absolute atomic E-state index is 0.0308. The lowest BCUT2D eigenvalue weighted by atomic mass is 10.1. The van der Waals surface area contributed by atoms with Crippen molar-refractivity contribution in [2.75, 3.05) is 25.0 Å². The Labute approximate surface area is 153 Å². The summed E-state index contributed by atoms with van der Waals surface area (Å²) in [6, 6.07) is 10.2. The lowest BCUT2D eigenvalue weighted by molar-refractivity contribution is -0.117. The number of carbonyl (C=O) groups is 1. The van der Waals surface area contributed by atoms with Crippen LogP contribution in [0.15, 0.2) is 35.7 Å². The van der Waals surface area contributed by atoms with Gasteiger partial charge in [0.25, 0.3) is 0 Å². The van der Waals surface area contributed by atoms with Crippen LogP contribution in [0.5, 0.6) is 0 Å². The molecule has 1 aromatic carbocycles. The summed E-state index contributed by atoms with van der Waals surface area (Å²) in [5.41, 5.74) is 3.21. The van der Waals surface area contributed by atoms with E-state index < -0.39 is 0 Å². The van der Waals surface area contributed by atoms with E-state index >= 15 is 0 Å². The monoisotopic (exact) mass is 358 g/mol. The molecule has 1 N–H and O–H groups in total. The summed E-state index contributed by atoms with van der Waals surface area (Å²) in [6.45, 7) is 6.92. The molecule has 0 radical (unpaired) electrons. The van der Waals surface area contributed by atoms with Crippen molar-refractivity contribution in [2.24, 2.45) is 0 Å². The predicted molar refractivity (Wildman–Crippen MR) is 103 cm³/mol. The largest absolute Gasteiger partial charge is 0.377 e. The molecule has 0 bridgehead atoms. The molecule has 0 aliphatic carbocycles. The maximum Gasteiger partial charge on any atom is 0.238 e. The highest BCUT2D eigenvalue weighted by molar-refractivity contribution is 7.09. The summed E-state index contributed by atoms with van der Waals surface area (Å²) < 4.78 is 5.77. The fourth-order valence-corrected chi connectivity index (χ4v) is 3.91. The smallest absolute Gasteiger partial charge is 0.238 e. The Kier molecular flexibility index (Phi) is 6.24. The fraction of sp³-hybridized carbons (Fsp3) is 0.450. The number of ether oxygens (including phenoxy) is 1. The number of hydrogen-bond donors (Lipinski definition) is 1. The van der Waals surface area contributed by atoms with Gasteiger partial charge < -0.3 is 10.1 Å². The number of nitrogens with zero attached hydrogens (tertiary/aromatic N) is 1. The van der Waals surface area contributed by atoms with Crippen molar-refractivity contribution in [1.29, 1.82) is 0 Å². The third kappa shape index (κ3) is 5.14. The van der Waals surface area contributed by atoms with Crippen LogP contribution < -0.4 is 5.32 Å². The highest BCUT2D eigenvalue weighted by Crippen LogP contribution is 2.19. The van der Waals surface area contributed by atoms with Crippen LogP contribution in [0.1, 0.15) is 28.8 Å². The number of nitrogens with one attached hydrogen (secondary N) is 1. The quantitative estimate of drug-likeness (QED) is 0.814. The molecule has 5 heteroatoms. The van der Waals surface area contributed by atoms with E-state index in [-0.39, 0.29) is 12.0 Å². The number of thiophene rings is 1. The molecular formula is C20H26N2O2S. The molecule has 0 spiro atoms. The zero-order chi connectivity index (χ0) is 17.6. The second-order valence-corrected chi connectivity index (χ2v) is 7.71. The van der Waals surface area contributed by atoms with Gasteiger partial charge in [-0.15, -0.1) is 11.3 Å². The summed E-state index contributed by atoms with van der Waals surface area (Å²) >= 11 is 1.73. The molecule has 4 nitrogen and oxygen atoms in total. The molecule has 2 heterocycles. The molecule has 1 atom stereocenters. The van der Waals surface area contributed by atoms with E-state index in [0.29, 0.717) is 6.54 Å². The first-order chi connectivity index (χ1) is 12.1. The van der Waals surface area contributed by atoms with Crippen LogP contribution in [-0.2, 0) is 16.1 Å². The lowest BCUT2D eigenvalue weighted by Gasteiger charge is -2.24. The molecule has 1 aliphatic heterocycles. The minimum atomic E-state index is 0.0308. The third-order valence-electron chi connectivity index (χ3n) is 4.69. The van der Waals surface area contributed by atoms with Crippen LogP contribution in [-0.4, -0.2) is 36.6 Å². The Bertz CT molecular complexity index is 694. The van der Waals surface area contributed by atoms with Crippen LogP contribution in [0, 0.1) is 13.8 Å². The van der Waals surface area contributed by atoms with Crippen molar-refractivity contribution in [3.05, 3.63) is 51.7 Å². The average Bonchev–Trinajstić information content (AvgIpc) is 3.26. The third-order valence-corrected chi connectivity index (χ3v) is 5.55. The van der Waals surface area contributed by atoms with Gasteiger partial charge in [-0.3, -0.25) is 9.69 Å². The number of benzene rings is 1. The fourth-order valence-electron chi connectivity index (χ4n) is 3.16. The number of hydrogen-bond acceptors (Lipinski definition) is 4. The van der Waals surface area contributed by atoms with Gasteiger partial charge in [0.1, 0.15) is 0 Å². The van der Waals surface area contributed by atoms with Gasteiger partial charge in [-0.2, -0.15) is 0 Å². The van der Waals surface area contributed by atoms with Gasteiger partial charge in [-0.05, 0) is 55.3 Å². The molecule has 3 rings (SSSR count). The summed E-state index contributed by atoms with van der Waals surface area (Å²) in [5, 5.41) is 5.15. The van der Waals surface area contributed by atoms with Crippen LogP contribution in [0.3, 0.4) is 0 Å². The van der Waals surface area contributed by atoms with Gasteiger partial charge in [0, 0.05) is 30.3 Å². The maximum absolute atomic E-state index is 12.6. The van der Waals surface area contributed by atoms with Gasteiger partial charge >= 0.3 is 0 Å². The highest BCUT2D eigenvalue weighted by Gasteiger charge is 2.21. The van der Waals surface area contributed by atoms with Gasteiger partial charge in [-0.1, -0.05) is 18.2 Å². The molecule has 25 heavy (non-hydrogen) atoms. The molecule has 1 amide bonds. The average molecular weight is 359 g/mol. The van der Waals surface area contributed by atoms with Crippen molar-refractivity contribution in [3.63, 3.8) is 0 Å². The predicted octanol–water partition coefficient (Wildman–Crippen LogP) is 3.98. The molecular weight excluding hydrogens is 332 g/mol. The van der Waals surface area contributed by atoms with E-state index in [2.05, 4.69) is 40.7 Å². The topological polar surface area (TPSA) is 41.6 Å². The van der Waals surface area contributed by atoms with Crippen molar-refractivity contribution in [2.45, 2.75) is 39.3 Å². The lowest BCUT2D eigenvalue weighted by Crippen LogP contribution is -2.37. The van der Waals surface area contributed by atoms with Crippen LogP contribution in [0.2, 0.25) is 0 Å². The van der Waals surface area contributed by atoms with Gasteiger partial charge in [0.15, 0.2) is 0 Å². The SMILES string of the molecule is Cc1cccc(NC(=O)CN(Cc2cccs2)C[C@H]2CCCO2)c1C. The van der Waals surface area contributed by atoms with Crippen LogP contribution in [0.25, 0.3) is 0 Å². The Morgan fingerprint density at radius 2 is 2.20 bits per heavy atom. The summed E-state index contributed by atoms with van der Waals surface area (Å²) in [6.07, 6.45) is 2.44. The number of carbonyl (C=O) groups excluding carboxylic acids is 1. The van der Waals surface area contributed by atoms with Gasteiger partial charge in [-0.25, -0.2) is 0 Å². The van der Waals surface area contributed by atoms with Crippen molar-refractivity contribution < 1.29 is 9.53 Å². The minimum Gasteiger partial charge on any atom is -0.377 e. The van der Waals surface area contributed by atoms with E-state index in [1.54, 1.807) is 11.3 Å². The van der Waals surface area contributed by atoms with E-state index in [9.17, 15) is 4.79 Å². The molecule has 0 saturated carbocycles. The Balaban J connectivity index is 1.63. The van der Waals surface area contributed by atoms with Crippen molar-refractivity contribution in [1.82, 2.24) is 4.90 Å². The summed E-state index contributed by atoms with van der Waals surface area (Å²) in [5.74, 6) is 0.0308. The second kappa shape index (κ2) is 8.61. The molecule has 1 fully saturated rings. The van der Waals surface area contributed by atoms with Crippen LogP contribution in [0.4, 0.5) is 5.69 Å². The van der Waals surface area contributed by atoms with E-state index in [1.165, 1.54) is 10.4 Å². The van der Waals surface area contributed by atoms with E-state index in [0.717, 1.165) is 43.8 Å². The van der Waals surface area contributed by atoms with Crippen molar-refractivity contribution >= 4 is 22.9 Å². The molecule has 0 unspecified atom stereocenters. The molecule has 1 saturated heterocycles.